The first-order chi connectivity index (χ1) is 13.7. The molecular weight excluding hydrogens is 415 g/mol. The van der Waals surface area contributed by atoms with Gasteiger partial charge in [0.05, 0.1) is 10.0 Å². The molecule has 0 aliphatic carbocycles. The molecule has 0 amide bonds. The Balaban J connectivity index is 1.45. The molecule has 1 aliphatic heterocycles. The molecule has 0 saturated carbocycles. The number of fused-ring (bicyclic) bond motifs is 1. The van der Waals surface area contributed by atoms with E-state index in [0.29, 0.717) is 21.6 Å². The Morgan fingerprint density at radius 3 is 2.50 bits per heavy atom. The molecule has 1 N–H and O–H groups in total. The van der Waals surface area contributed by atoms with E-state index in [9.17, 15) is 0 Å². The molecule has 4 aromatic rings. The van der Waals surface area contributed by atoms with E-state index in [-0.39, 0.29) is 0 Å². The number of halogens is 2. The highest BCUT2D eigenvalue weighted by Gasteiger charge is 2.21. The second-order valence-corrected chi connectivity index (χ2v) is 7.71. The van der Waals surface area contributed by atoms with E-state index in [1.807, 2.05) is 58.6 Å². The Morgan fingerprint density at radius 1 is 0.857 bits per heavy atom. The monoisotopic (exact) mass is 426 g/mol. The van der Waals surface area contributed by atoms with Gasteiger partial charge in [-0.2, -0.15) is 0 Å². The van der Waals surface area contributed by atoms with E-state index in [0.717, 1.165) is 27.8 Å². The van der Waals surface area contributed by atoms with Crippen LogP contribution in [0.2, 0.25) is 10.0 Å². The van der Waals surface area contributed by atoms with E-state index >= 15 is 0 Å². The quantitative estimate of drug-likeness (QED) is 0.424. The number of rotatable bonds is 3. The van der Waals surface area contributed by atoms with Gasteiger partial charge in [0, 0.05) is 16.5 Å². The number of thioether (sulfide) groups is 1. The van der Waals surface area contributed by atoms with Crippen molar-refractivity contribution >= 4 is 40.7 Å². The van der Waals surface area contributed by atoms with Gasteiger partial charge >= 0.3 is 0 Å². The molecular formula is C20H12Cl2N4OS. The van der Waals surface area contributed by atoms with E-state index in [4.69, 9.17) is 27.6 Å². The molecule has 138 valence electrons. The molecule has 0 atom stereocenters. The van der Waals surface area contributed by atoms with Crippen LogP contribution in [-0.4, -0.2) is 14.9 Å². The number of benzene rings is 2. The van der Waals surface area contributed by atoms with E-state index in [1.165, 1.54) is 11.8 Å². The van der Waals surface area contributed by atoms with Crippen molar-refractivity contribution in [2.75, 3.05) is 5.43 Å². The Morgan fingerprint density at radius 2 is 1.68 bits per heavy atom. The average Bonchev–Trinajstić information content (AvgIpc) is 3.37. The highest BCUT2D eigenvalue weighted by molar-refractivity contribution is 8.02. The molecule has 2 aromatic heterocycles. The third-order valence-electron chi connectivity index (χ3n) is 4.26. The van der Waals surface area contributed by atoms with Gasteiger partial charge in [-0.1, -0.05) is 65.3 Å². The van der Waals surface area contributed by atoms with Crippen molar-refractivity contribution in [2.45, 2.75) is 5.16 Å². The molecule has 5 nitrogen and oxygen atoms in total. The lowest BCUT2D eigenvalue weighted by Crippen LogP contribution is -2.18. The summed E-state index contributed by atoms with van der Waals surface area (Å²) in [6.07, 6.45) is 0. The van der Waals surface area contributed by atoms with E-state index in [1.54, 1.807) is 12.1 Å². The SMILES string of the molecule is Clc1ccc(-c2ccc(C3=CSc4nnc(-c5ccccc5)n4N3)o2)cc1Cl. The van der Waals surface area contributed by atoms with Gasteiger partial charge in [-0.15, -0.1) is 10.2 Å². The molecule has 5 rings (SSSR count). The summed E-state index contributed by atoms with van der Waals surface area (Å²) in [5, 5.41) is 12.3. The summed E-state index contributed by atoms with van der Waals surface area (Å²) in [5.41, 5.74) is 6.00. The lowest BCUT2D eigenvalue weighted by atomic mass is 10.2. The molecule has 0 unspecified atom stereocenters. The lowest BCUT2D eigenvalue weighted by Gasteiger charge is -2.17. The molecule has 0 bridgehead atoms. The number of hydrogen-bond donors (Lipinski definition) is 1. The Labute approximate surface area is 175 Å². The van der Waals surface area contributed by atoms with Crippen LogP contribution in [0.3, 0.4) is 0 Å². The van der Waals surface area contributed by atoms with Gasteiger partial charge in [0.25, 0.3) is 0 Å². The predicted octanol–water partition coefficient (Wildman–Crippen LogP) is 6.16. The van der Waals surface area contributed by atoms with Gasteiger partial charge < -0.3 is 4.42 Å². The lowest BCUT2D eigenvalue weighted by molar-refractivity contribution is 0.565. The Hall–Kier alpha value is -2.67. The summed E-state index contributed by atoms with van der Waals surface area (Å²) in [6, 6.07) is 19.1. The fourth-order valence-electron chi connectivity index (χ4n) is 2.88. The van der Waals surface area contributed by atoms with Crippen molar-refractivity contribution in [3.8, 4) is 22.7 Å². The minimum absolute atomic E-state index is 0.490. The summed E-state index contributed by atoms with van der Waals surface area (Å²) in [5.74, 6) is 2.15. The second-order valence-electron chi connectivity index (χ2n) is 6.06. The molecule has 0 radical (unpaired) electrons. The third kappa shape index (κ3) is 3.09. The number of aromatic nitrogens is 3. The summed E-state index contributed by atoms with van der Waals surface area (Å²) in [4.78, 5) is 0. The maximum Gasteiger partial charge on any atom is 0.214 e. The van der Waals surface area contributed by atoms with Crippen LogP contribution < -0.4 is 5.43 Å². The first-order valence-corrected chi connectivity index (χ1v) is 10.0. The van der Waals surface area contributed by atoms with Crippen LogP contribution >= 0.6 is 35.0 Å². The normalized spacial score (nSPS) is 13.0. The minimum Gasteiger partial charge on any atom is -0.454 e. The van der Waals surface area contributed by atoms with Crippen molar-refractivity contribution < 1.29 is 4.42 Å². The zero-order valence-corrected chi connectivity index (χ0v) is 16.6. The van der Waals surface area contributed by atoms with Gasteiger partial charge in [0.1, 0.15) is 11.5 Å². The number of nitrogens with zero attached hydrogens (tertiary/aromatic N) is 3. The Bertz CT molecular complexity index is 1200. The standard InChI is InChI=1S/C20H12Cl2N4OS/c21-14-7-6-13(10-15(14)22)17-8-9-18(27-17)16-11-28-20-24-23-19(26(20)25-16)12-4-2-1-3-5-12/h1-11,25H. The molecule has 28 heavy (non-hydrogen) atoms. The molecule has 0 saturated heterocycles. The molecule has 1 aliphatic rings. The number of hydrogen-bond acceptors (Lipinski definition) is 5. The number of nitrogens with one attached hydrogen (secondary N) is 1. The zero-order chi connectivity index (χ0) is 19.1. The summed E-state index contributed by atoms with van der Waals surface area (Å²) in [6.45, 7) is 0. The van der Waals surface area contributed by atoms with Crippen molar-refractivity contribution in [1.82, 2.24) is 14.9 Å². The molecule has 2 aromatic carbocycles. The molecule has 0 fully saturated rings. The summed E-state index contributed by atoms with van der Waals surface area (Å²) in [7, 11) is 0. The van der Waals surface area contributed by atoms with Crippen molar-refractivity contribution in [1.29, 1.82) is 0 Å². The van der Waals surface area contributed by atoms with Gasteiger partial charge in [0.2, 0.25) is 5.16 Å². The maximum atomic E-state index is 6.12. The van der Waals surface area contributed by atoms with Gasteiger partial charge in [-0.05, 0) is 30.3 Å². The highest BCUT2D eigenvalue weighted by atomic mass is 35.5. The average molecular weight is 427 g/mol. The topological polar surface area (TPSA) is 55.9 Å². The minimum atomic E-state index is 0.490. The summed E-state index contributed by atoms with van der Waals surface area (Å²) >= 11 is 13.6. The fraction of sp³-hybridized carbons (Fsp3) is 0. The molecule has 3 heterocycles. The van der Waals surface area contributed by atoms with Gasteiger partial charge in [-0.3, -0.25) is 5.43 Å². The highest BCUT2D eigenvalue weighted by Crippen LogP contribution is 2.34. The van der Waals surface area contributed by atoms with Crippen molar-refractivity contribution in [3.63, 3.8) is 0 Å². The smallest absolute Gasteiger partial charge is 0.214 e. The predicted molar refractivity (Wildman–Crippen MR) is 113 cm³/mol. The fourth-order valence-corrected chi connectivity index (χ4v) is 3.90. The van der Waals surface area contributed by atoms with E-state index < -0.39 is 0 Å². The van der Waals surface area contributed by atoms with Crippen molar-refractivity contribution in [3.05, 3.63) is 81.9 Å². The van der Waals surface area contributed by atoms with Gasteiger partial charge in [-0.25, -0.2) is 4.68 Å². The molecule has 0 spiro atoms. The van der Waals surface area contributed by atoms with Crippen LogP contribution in [0.4, 0.5) is 0 Å². The van der Waals surface area contributed by atoms with Gasteiger partial charge in [0.15, 0.2) is 11.6 Å². The van der Waals surface area contributed by atoms with Crippen LogP contribution in [-0.2, 0) is 0 Å². The maximum absolute atomic E-state index is 6.12. The van der Waals surface area contributed by atoms with Crippen molar-refractivity contribution in [2.24, 2.45) is 0 Å². The molecule has 8 heteroatoms. The third-order valence-corrected chi connectivity index (χ3v) is 5.82. The first-order valence-electron chi connectivity index (χ1n) is 8.39. The largest absolute Gasteiger partial charge is 0.454 e. The van der Waals surface area contributed by atoms with Crippen LogP contribution in [0.1, 0.15) is 5.76 Å². The Kier molecular flexibility index (Phi) is 4.39. The summed E-state index contributed by atoms with van der Waals surface area (Å²) < 4.78 is 7.90. The van der Waals surface area contributed by atoms with Crippen LogP contribution in [0.25, 0.3) is 28.4 Å². The van der Waals surface area contributed by atoms with Crippen LogP contribution in [0.5, 0.6) is 0 Å². The second kappa shape index (κ2) is 7.05. The number of furan rings is 1. The van der Waals surface area contributed by atoms with E-state index in [2.05, 4.69) is 15.6 Å². The zero-order valence-electron chi connectivity index (χ0n) is 14.3. The van der Waals surface area contributed by atoms with Crippen LogP contribution in [0.15, 0.2) is 75.6 Å². The van der Waals surface area contributed by atoms with Crippen LogP contribution in [0, 0.1) is 0 Å². The first kappa shape index (κ1) is 17.4.